The Morgan fingerprint density at radius 3 is 2.33 bits per heavy atom. The van der Waals surface area contributed by atoms with Crippen LogP contribution in [0, 0.1) is 14.9 Å². The van der Waals surface area contributed by atoms with Crippen molar-refractivity contribution >= 4 is 64.3 Å². The fourth-order valence-electron chi connectivity index (χ4n) is 6.18. The van der Waals surface area contributed by atoms with Crippen molar-refractivity contribution in [2.75, 3.05) is 20.1 Å². The van der Waals surface area contributed by atoms with Gasteiger partial charge in [0.25, 0.3) is 11.8 Å². The lowest BCUT2D eigenvalue weighted by molar-refractivity contribution is 0.0952. The van der Waals surface area contributed by atoms with Gasteiger partial charge in [0.1, 0.15) is 0 Å². The molecule has 4 aromatic rings. The van der Waals surface area contributed by atoms with Gasteiger partial charge in [-0.05, 0) is 118 Å². The van der Waals surface area contributed by atoms with Crippen LogP contribution in [-0.4, -0.2) is 48.1 Å². The number of aliphatic imine (C=N–C) groups is 1. The highest BCUT2D eigenvalue weighted by Gasteiger charge is 2.22. The van der Waals surface area contributed by atoms with Gasteiger partial charge in [-0.25, -0.2) is 4.99 Å². The van der Waals surface area contributed by atoms with Gasteiger partial charge in [-0.2, -0.15) is 0 Å². The zero-order valence-corrected chi connectivity index (χ0v) is 25.4. The molecule has 0 saturated carbocycles. The van der Waals surface area contributed by atoms with Crippen LogP contribution in [0.25, 0.3) is 21.8 Å². The van der Waals surface area contributed by atoms with Crippen LogP contribution in [0.1, 0.15) is 68.9 Å². The number of benzene rings is 2. The Morgan fingerprint density at radius 1 is 0.905 bits per heavy atom. The first-order valence-electron chi connectivity index (χ1n) is 14.8. The van der Waals surface area contributed by atoms with E-state index in [9.17, 15) is 9.59 Å². The summed E-state index contributed by atoms with van der Waals surface area (Å²) in [5, 5.41) is 7.85. The predicted molar refractivity (Wildman–Crippen MR) is 174 cm³/mol. The molecule has 0 bridgehead atoms. The van der Waals surface area contributed by atoms with Crippen molar-refractivity contribution in [2.45, 2.75) is 51.4 Å². The molecule has 0 spiro atoms. The number of aryl methyl sites for hydroxylation is 2. The van der Waals surface area contributed by atoms with Crippen molar-refractivity contribution in [3.63, 3.8) is 0 Å². The molecule has 2 aliphatic rings. The van der Waals surface area contributed by atoms with Crippen molar-refractivity contribution in [2.24, 2.45) is 10.9 Å². The van der Waals surface area contributed by atoms with Crippen molar-refractivity contribution in [3.8, 4) is 0 Å². The lowest BCUT2D eigenvalue weighted by Crippen LogP contribution is -2.26. The van der Waals surface area contributed by atoms with Crippen LogP contribution < -0.4 is 10.6 Å². The molecule has 7 nitrogen and oxygen atoms in total. The molecule has 2 heterocycles. The summed E-state index contributed by atoms with van der Waals surface area (Å²) < 4.78 is 1.62. The Bertz CT molecular complexity index is 1860. The molecule has 0 fully saturated rings. The number of hydrogen-bond donors (Lipinski definition) is 4. The minimum Gasteiger partial charge on any atom is -0.358 e. The predicted octanol–water partition coefficient (Wildman–Crippen LogP) is 6.34. The van der Waals surface area contributed by atoms with Gasteiger partial charge >= 0.3 is 0 Å². The number of aromatic amines is 2. The van der Waals surface area contributed by atoms with Crippen molar-refractivity contribution in [1.82, 2.24) is 20.6 Å². The summed E-state index contributed by atoms with van der Waals surface area (Å²) >= 11 is 11.7. The van der Waals surface area contributed by atoms with E-state index >= 15 is 0 Å². The summed E-state index contributed by atoms with van der Waals surface area (Å²) in [5.74, 6) is -0.259. The van der Waals surface area contributed by atoms with Crippen LogP contribution in [0.15, 0.2) is 41.4 Å². The van der Waals surface area contributed by atoms with Gasteiger partial charge in [0.05, 0.1) is 9.02 Å². The Kier molecular flexibility index (Phi) is 8.42. The number of fused-ring (bicyclic) bond motifs is 4. The Hall–Kier alpha value is -3.53. The number of pyridine rings is 2. The standard InChI is InChI=1S/C33H35N5O2S2/c1-34-13-4-14-35-32(39)20-8-11-29-25(16-20)31(42)23-15-19(7-10-27(23)38-29)18-36-33(40)21-9-12-28-24(17-21)30(41)22-5-2-3-6-26(22)37-28/h8-9,11-12,16-19,34H,2-7,10,13-15H2,1H3,(H,35,39)(H,37,41)(H,38,42). The van der Waals surface area contributed by atoms with Gasteiger partial charge in [0.2, 0.25) is 0 Å². The first kappa shape index (κ1) is 28.6. The molecule has 2 aromatic carbocycles. The third-order valence-corrected chi connectivity index (χ3v) is 9.44. The summed E-state index contributed by atoms with van der Waals surface area (Å²) in [7, 11) is 1.90. The van der Waals surface area contributed by atoms with E-state index in [0.29, 0.717) is 24.1 Å². The van der Waals surface area contributed by atoms with Crippen molar-refractivity contribution < 1.29 is 9.59 Å². The zero-order chi connectivity index (χ0) is 29.2. The molecule has 1 atom stereocenters. The lowest BCUT2D eigenvalue weighted by Gasteiger charge is -2.22. The smallest absolute Gasteiger partial charge is 0.276 e. The van der Waals surface area contributed by atoms with E-state index in [4.69, 9.17) is 24.4 Å². The number of nitrogens with zero attached hydrogens (tertiary/aromatic N) is 1. The first-order valence-corrected chi connectivity index (χ1v) is 15.6. The molecule has 216 valence electrons. The molecule has 2 aliphatic carbocycles. The third kappa shape index (κ3) is 5.73. The Balaban J connectivity index is 1.20. The van der Waals surface area contributed by atoms with Crippen LogP contribution >= 0.6 is 24.4 Å². The van der Waals surface area contributed by atoms with Crippen molar-refractivity contribution in [1.29, 1.82) is 0 Å². The zero-order valence-electron chi connectivity index (χ0n) is 23.8. The SMILES string of the molecule is CNCCCNC(=O)c1ccc2[nH]c3c(c(=S)c2c1)CC(C=NC(=O)c1ccc2[nH]c4c(c(=S)c2c1)CCCC4)CC3. The minimum atomic E-state index is -0.260. The maximum absolute atomic E-state index is 13.1. The Morgan fingerprint density at radius 2 is 1.57 bits per heavy atom. The highest BCUT2D eigenvalue weighted by Crippen LogP contribution is 2.30. The monoisotopic (exact) mass is 597 g/mol. The largest absolute Gasteiger partial charge is 0.358 e. The van der Waals surface area contributed by atoms with Crippen LogP contribution in [-0.2, 0) is 25.7 Å². The number of amides is 2. The van der Waals surface area contributed by atoms with Gasteiger partial charge in [-0.15, -0.1) is 0 Å². The molecule has 42 heavy (non-hydrogen) atoms. The van der Waals surface area contributed by atoms with Crippen molar-refractivity contribution in [3.05, 3.63) is 79.1 Å². The molecular weight excluding hydrogens is 563 g/mol. The van der Waals surface area contributed by atoms with E-state index in [1.54, 1.807) is 6.21 Å². The molecule has 0 aliphatic heterocycles. The van der Waals surface area contributed by atoms with Gasteiger partial charge < -0.3 is 20.6 Å². The molecule has 9 heteroatoms. The second-order valence-corrected chi connectivity index (χ2v) is 12.2. The molecule has 6 rings (SSSR count). The molecule has 0 radical (unpaired) electrons. The van der Waals surface area contributed by atoms with Gasteiger partial charge in [0, 0.05) is 57.1 Å². The normalized spacial score (nSPS) is 16.5. The van der Waals surface area contributed by atoms with Gasteiger partial charge in [0.15, 0.2) is 0 Å². The van der Waals surface area contributed by atoms with Crippen LogP contribution in [0.3, 0.4) is 0 Å². The summed E-state index contributed by atoms with van der Waals surface area (Å²) in [5.41, 5.74) is 7.70. The van der Waals surface area contributed by atoms with E-state index in [1.807, 2.05) is 43.4 Å². The number of carbonyl (C=O) groups excluding carboxylic acids is 2. The maximum Gasteiger partial charge on any atom is 0.276 e. The molecule has 2 amide bonds. The van der Waals surface area contributed by atoms with Gasteiger partial charge in [-0.3, -0.25) is 9.59 Å². The fourth-order valence-corrected chi connectivity index (χ4v) is 6.95. The average Bonchev–Trinajstić information content (AvgIpc) is 3.02. The topological polar surface area (TPSA) is 102 Å². The number of aromatic nitrogens is 2. The second-order valence-electron chi connectivity index (χ2n) is 11.3. The van der Waals surface area contributed by atoms with E-state index in [1.165, 1.54) is 17.7 Å². The first-order chi connectivity index (χ1) is 20.4. The maximum atomic E-state index is 13.1. The summed E-state index contributed by atoms with van der Waals surface area (Å²) in [6, 6.07) is 11.3. The molecule has 0 saturated heterocycles. The molecule has 2 aromatic heterocycles. The highest BCUT2D eigenvalue weighted by atomic mass is 32.1. The number of hydrogen-bond acceptors (Lipinski definition) is 5. The number of H-pyrrole nitrogens is 2. The van der Waals surface area contributed by atoms with E-state index in [-0.39, 0.29) is 17.7 Å². The number of rotatable bonds is 7. The highest BCUT2D eigenvalue weighted by molar-refractivity contribution is 7.72. The number of carbonyl (C=O) groups is 2. The Labute approximate surface area is 255 Å². The summed E-state index contributed by atoms with van der Waals surface area (Å²) in [6.45, 7) is 1.46. The summed E-state index contributed by atoms with van der Waals surface area (Å²) in [6.07, 6.45) is 9.40. The fraction of sp³-hybridized carbons (Fsp3) is 0.364. The van der Waals surface area contributed by atoms with E-state index in [0.717, 1.165) is 87.2 Å². The number of nitrogens with one attached hydrogen (secondary N) is 4. The van der Waals surface area contributed by atoms with Crippen LogP contribution in [0.2, 0.25) is 0 Å². The van der Waals surface area contributed by atoms with E-state index < -0.39 is 0 Å². The van der Waals surface area contributed by atoms with Gasteiger partial charge in [-0.1, -0.05) is 24.4 Å². The van der Waals surface area contributed by atoms with E-state index in [2.05, 4.69) is 25.6 Å². The van der Waals surface area contributed by atoms with Crippen LogP contribution in [0.4, 0.5) is 0 Å². The summed E-state index contributed by atoms with van der Waals surface area (Å²) in [4.78, 5) is 37.3. The third-order valence-electron chi connectivity index (χ3n) is 8.51. The minimum absolute atomic E-state index is 0.0988. The average molecular weight is 598 g/mol. The lowest BCUT2D eigenvalue weighted by atomic mass is 9.86. The molecular formula is C33H35N5O2S2. The molecule has 4 N–H and O–H groups in total. The molecule has 1 unspecified atom stereocenters. The van der Waals surface area contributed by atoms with Crippen LogP contribution in [0.5, 0.6) is 0 Å². The second kappa shape index (κ2) is 12.4. The quantitative estimate of drug-likeness (QED) is 0.113.